The Morgan fingerprint density at radius 2 is 1.82 bits per heavy atom. The van der Waals surface area contributed by atoms with Gasteiger partial charge in [0.1, 0.15) is 11.3 Å². The number of rotatable bonds is 9. The number of hydrogen-bond acceptors (Lipinski definition) is 5. The molecule has 3 rings (SSSR count). The van der Waals surface area contributed by atoms with E-state index in [2.05, 4.69) is 52.1 Å². The summed E-state index contributed by atoms with van der Waals surface area (Å²) < 4.78 is 17.1. The molecule has 0 bridgehead atoms. The highest BCUT2D eigenvalue weighted by Crippen LogP contribution is 2.38. The van der Waals surface area contributed by atoms with Crippen molar-refractivity contribution in [1.29, 1.82) is 0 Å². The van der Waals surface area contributed by atoms with E-state index in [1.807, 2.05) is 12.1 Å². The molecule has 2 aromatic rings. The van der Waals surface area contributed by atoms with Crippen molar-refractivity contribution in [2.75, 3.05) is 32.2 Å². The Bertz CT molecular complexity index is 992. The van der Waals surface area contributed by atoms with Crippen molar-refractivity contribution in [2.24, 2.45) is 5.92 Å². The molecule has 0 aliphatic carbocycles. The van der Waals surface area contributed by atoms with E-state index in [0.29, 0.717) is 45.2 Å². The molecule has 33 heavy (non-hydrogen) atoms. The van der Waals surface area contributed by atoms with Crippen LogP contribution in [-0.4, -0.2) is 43.5 Å². The van der Waals surface area contributed by atoms with E-state index < -0.39 is 11.5 Å². The lowest BCUT2D eigenvalue weighted by molar-refractivity contribution is -0.145. The maximum atomic E-state index is 12.1. The van der Waals surface area contributed by atoms with Crippen LogP contribution in [0.2, 0.25) is 0 Å². The van der Waals surface area contributed by atoms with Crippen molar-refractivity contribution in [3.63, 3.8) is 0 Å². The molecule has 1 saturated heterocycles. The number of methoxy groups -OCH3 is 1. The Morgan fingerprint density at radius 3 is 2.42 bits per heavy atom. The van der Waals surface area contributed by atoms with E-state index >= 15 is 0 Å². The van der Waals surface area contributed by atoms with E-state index in [0.717, 1.165) is 44.8 Å². The Balaban J connectivity index is 2.04. The Hall–Kier alpha value is -2.57. The number of benzene rings is 2. The lowest BCUT2D eigenvalue weighted by Gasteiger charge is -2.35. The van der Waals surface area contributed by atoms with Gasteiger partial charge in [0.2, 0.25) is 0 Å². The average molecular weight is 456 g/mol. The monoisotopic (exact) mass is 455 g/mol. The van der Waals surface area contributed by atoms with Crippen LogP contribution in [-0.2, 0) is 20.9 Å². The fraction of sp³-hybridized carbons (Fsp3) is 0.519. The van der Waals surface area contributed by atoms with E-state index in [4.69, 9.17) is 14.2 Å². The van der Waals surface area contributed by atoms with Crippen molar-refractivity contribution in [3.8, 4) is 16.9 Å². The van der Waals surface area contributed by atoms with Gasteiger partial charge in [-0.1, -0.05) is 26.0 Å². The summed E-state index contributed by atoms with van der Waals surface area (Å²) in [4.78, 5) is 12.1. The van der Waals surface area contributed by atoms with Gasteiger partial charge in [0.25, 0.3) is 0 Å². The highest BCUT2D eigenvalue weighted by atomic mass is 16.5. The van der Waals surface area contributed by atoms with E-state index in [1.54, 1.807) is 7.11 Å². The minimum Gasteiger partial charge on any atom is -0.496 e. The summed E-state index contributed by atoms with van der Waals surface area (Å²) in [6, 6.07) is 8.24. The van der Waals surface area contributed by atoms with Crippen molar-refractivity contribution in [1.82, 2.24) is 0 Å². The molecule has 0 aromatic heterocycles. The third-order valence-electron chi connectivity index (χ3n) is 6.49. The van der Waals surface area contributed by atoms with Gasteiger partial charge in [0.15, 0.2) is 0 Å². The lowest BCUT2D eigenvalue weighted by atomic mass is 9.88. The van der Waals surface area contributed by atoms with Gasteiger partial charge in [-0.3, -0.25) is 0 Å². The molecule has 1 fully saturated rings. The molecule has 1 aliphatic heterocycles. The van der Waals surface area contributed by atoms with Gasteiger partial charge < -0.3 is 24.6 Å². The summed E-state index contributed by atoms with van der Waals surface area (Å²) in [5.41, 5.74) is 6.32. The fourth-order valence-corrected chi connectivity index (χ4v) is 4.45. The molecule has 0 spiro atoms. The molecule has 0 unspecified atom stereocenters. The zero-order valence-electron chi connectivity index (χ0n) is 20.7. The van der Waals surface area contributed by atoms with Crippen molar-refractivity contribution in [2.45, 2.75) is 59.6 Å². The topological polar surface area (TPSA) is 77.0 Å². The molecule has 6 nitrogen and oxygen atoms in total. The normalized spacial score (nSPS) is 15.5. The average Bonchev–Trinajstić information content (AvgIpc) is 2.77. The predicted octanol–water partition coefficient (Wildman–Crippen LogP) is 5.51. The number of anilines is 1. The quantitative estimate of drug-likeness (QED) is 0.519. The Labute approximate surface area is 197 Å². The molecule has 1 aliphatic rings. The Morgan fingerprint density at radius 1 is 1.12 bits per heavy atom. The van der Waals surface area contributed by atoms with Crippen LogP contribution in [0.4, 0.5) is 5.69 Å². The summed E-state index contributed by atoms with van der Waals surface area (Å²) in [5, 5.41) is 13.3. The molecular formula is C27H37NO5. The van der Waals surface area contributed by atoms with E-state index in [9.17, 15) is 9.90 Å². The Kier molecular flexibility index (Phi) is 8.03. The molecule has 0 radical (unpaired) electrons. The molecule has 6 heteroatoms. The third-order valence-corrected chi connectivity index (χ3v) is 6.49. The second-order valence-corrected chi connectivity index (χ2v) is 9.43. The van der Waals surface area contributed by atoms with Crippen LogP contribution in [0, 0.1) is 26.7 Å². The number of aliphatic carboxylic acids is 1. The third kappa shape index (κ3) is 5.50. The number of carboxylic acids is 1. The van der Waals surface area contributed by atoms with Crippen LogP contribution in [0.3, 0.4) is 0 Å². The standard InChI is InChI=1S/C27H37NO5/c1-17(2)15-33-16-21-14-22(28-27(26(29)30)9-11-32-12-10-27)7-8-23(21)24-13-18(3)19(4)25(31-6)20(24)5/h7-8,13-14,17,28H,9-12,15-16H2,1-6H3,(H,29,30). The van der Waals surface area contributed by atoms with Gasteiger partial charge in [0.05, 0.1) is 13.7 Å². The number of aryl methyl sites for hydroxylation is 1. The number of carboxylic acid groups (broad SMARTS) is 1. The first-order valence-corrected chi connectivity index (χ1v) is 11.6. The second kappa shape index (κ2) is 10.6. The van der Waals surface area contributed by atoms with E-state index in [-0.39, 0.29) is 0 Å². The number of nitrogens with one attached hydrogen (secondary N) is 1. The summed E-state index contributed by atoms with van der Waals surface area (Å²) >= 11 is 0. The van der Waals surface area contributed by atoms with Gasteiger partial charge >= 0.3 is 5.97 Å². The SMILES string of the molecule is COc1c(C)c(C)cc(-c2ccc(NC3(C(=O)O)CCOCC3)cc2COCC(C)C)c1C. The first-order chi connectivity index (χ1) is 15.7. The zero-order chi connectivity index (χ0) is 24.2. The summed E-state index contributed by atoms with van der Waals surface area (Å²) in [6.07, 6.45) is 0.855. The number of ether oxygens (including phenoxy) is 3. The lowest BCUT2D eigenvalue weighted by Crippen LogP contribution is -2.50. The number of hydrogen-bond donors (Lipinski definition) is 2. The summed E-state index contributed by atoms with van der Waals surface area (Å²) in [7, 11) is 1.71. The van der Waals surface area contributed by atoms with Gasteiger partial charge in [-0.15, -0.1) is 0 Å². The van der Waals surface area contributed by atoms with Gasteiger partial charge in [-0.2, -0.15) is 0 Å². The molecular weight excluding hydrogens is 418 g/mol. The van der Waals surface area contributed by atoms with Gasteiger partial charge in [-0.25, -0.2) is 4.79 Å². The molecule has 2 N–H and O–H groups in total. The van der Waals surface area contributed by atoms with Crippen LogP contribution in [0.5, 0.6) is 5.75 Å². The van der Waals surface area contributed by atoms with Gasteiger partial charge in [0, 0.05) is 38.3 Å². The molecule has 0 saturated carbocycles. The zero-order valence-corrected chi connectivity index (χ0v) is 20.7. The van der Waals surface area contributed by atoms with Crippen LogP contribution >= 0.6 is 0 Å². The van der Waals surface area contributed by atoms with Crippen LogP contribution in [0.1, 0.15) is 48.9 Å². The second-order valence-electron chi connectivity index (χ2n) is 9.43. The van der Waals surface area contributed by atoms with E-state index in [1.165, 1.54) is 0 Å². The molecule has 180 valence electrons. The summed E-state index contributed by atoms with van der Waals surface area (Å²) in [5.74, 6) is 0.478. The molecule has 2 aromatic carbocycles. The smallest absolute Gasteiger partial charge is 0.329 e. The molecule has 1 heterocycles. The summed E-state index contributed by atoms with van der Waals surface area (Å²) in [6.45, 7) is 12.5. The maximum Gasteiger partial charge on any atom is 0.329 e. The molecule has 0 amide bonds. The predicted molar refractivity (Wildman–Crippen MR) is 131 cm³/mol. The number of carbonyl (C=O) groups is 1. The van der Waals surface area contributed by atoms with Crippen LogP contribution in [0.15, 0.2) is 24.3 Å². The highest BCUT2D eigenvalue weighted by Gasteiger charge is 2.40. The van der Waals surface area contributed by atoms with Gasteiger partial charge in [-0.05, 0) is 72.2 Å². The van der Waals surface area contributed by atoms with Crippen LogP contribution in [0.25, 0.3) is 11.1 Å². The first kappa shape index (κ1) is 25.1. The van der Waals surface area contributed by atoms with Crippen molar-refractivity contribution in [3.05, 3.63) is 46.5 Å². The maximum absolute atomic E-state index is 12.1. The highest BCUT2D eigenvalue weighted by molar-refractivity contribution is 5.84. The minimum atomic E-state index is -1.02. The van der Waals surface area contributed by atoms with Crippen LogP contribution < -0.4 is 10.1 Å². The first-order valence-electron chi connectivity index (χ1n) is 11.6. The largest absolute Gasteiger partial charge is 0.496 e. The molecule has 0 atom stereocenters. The van der Waals surface area contributed by atoms with Crippen molar-refractivity contribution < 1.29 is 24.1 Å². The minimum absolute atomic E-state index is 0.427. The fourth-order valence-electron chi connectivity index (χ4n) is 4.45. The van der Waals surface area contributed by atoms with Crippen molar-refractivity contribution >= 4 is 11.7 Å².